The summed E-state index contributed by atoms with van der Waals surface area (Å²) in [4.78, 5) is 4.68. The molecule has 1 fully saturated rings. The Balaban J connectivity index is 1.47. The van der Waals surface area contributed by atoms with Gasteiger partial charge in [0.2, 0.25) is 0 Å². The second-order valence-electron chi connectivity index (χ2n) is 6.29. The molecule has 1 saturated carbocycles. The standard InChI is InChI=1S/C19H21N3O2/c1-23-15-8-7-12(10-16(15)24-2)21-19(20)22-18-14-9-11-5-3-4-6-13(11)17(14)18/h3-8,10,14,17-18H,9H2,1-2H3,(H3,20,21,22). The maximum Gasteiger partial charge on any atom is 0.193 e. The Labute approximate surface area is 141 Å². The lowest BCUT2D eigenvalue weighted by atomic mass is 10.1. The molecule has 3 atom stereocenters. The molecule has 0 radical (unpaired) electrons. The van der Waals surface area contributed by atoms with E-state index in [9.17, 15) is 0 Å². The second-order valence-corrected chi connectivity index (χ2v) is 6.29. The quantitative estimate of drug-likeness (QED) is 0.670. The van der Waals surface area contributed by atoms with Crippen molar-refractivity contribution in [3.63, 3.8) is 0 Å². The number of nitrogens with one attached hydrogen (secondary N) is 1. The smallest absolute Gasteiger partial charge is 0.193 e. The van der Waals surface area contributed by atoms with Crippen molar-refractivity contribution in [2.45, 2.75) is 18.4 Å². The zero-order valence-electron chi connectivity index (χ0n) is 13.8. The Morgan fingerprint density at radius 2 is 1.92 bits per heavy atom. The summed E-state index contributed by atoms with van der Waals surface area (Å²) in [5, 5.41) is 3.14. The monoisotopic (exact) mass is 323 g/mol. The fourth-order valence-electron chi connectivity index (χ4n) is 3.75. The number of nitrogens with two attached hydrogens (primary N) is 1. The van der Waals surface area contributed by atoms with E-state index in [2.05, 4.69) is 34.6 Å². The summed E-state index contributed by atoms with van der Waals surface area (Å²) in [5.74, 6) is 2.93. The summed E-state index contributed by atoms with van der Waals surface area (Å²) in [6, 6.07) is 14.5. The molecule has 2 aromatic carbocycles. The van der Waals surface area contributed by atoms with Crippen LogP contribution in [0.5, 0.6) is 11.5 Å². The van der Waals surface area contributed by atoms with E-state index >= 15 is 0 Å². The van der Waals surface area contributed by atoms with Gasteiger partial charge < -0.3 is 20.5 Å². The van der Waals surface area contributed by atoms with Crippen molar-refractivity contribution >= 4 is 11.6 Å². The summed E-state index contributed by atoms with van der Waals surface area (Å²) in [6.07, 6.45) is 1.11. The van der Waals surface area contributed by atoms with Gasteiger partial charge in [-0.1, -0.05) is 24.3 Å². The Hall–Kier alpha value is -2.69. The molecule has 3 N–H and O–H groups in total. The van der Waals surface area contributed by atoms with Crippen LogP contribution in [0.4, 0.5) is 5.69 Å². The third-order valence-electron chi connectivity index (χ3n) is 4.94. The highest BCUT2D eigenvalue weighted by Crippen LogP contribution is 2.58. The number of fused-ring (bicyclic) bond motifs is 3. The minimum absolute atomic E-state index is 0.299. The molecule has 5 nitrogen and oxygen atoms in total. The molecule has 2 aliphatic rings. The Bertz CT molecular complexity index is 803. The number of guanidine groups is 1. The molecule has 0 spiro atoms. The van der Waals surface area contributed by atoms with Crippen molar-refractivity contribution < 1.29 is 9.47 Å². The minimum Gasteiger partial charge on any atom is -0.493 e. The van der Waals surface area contributed by atoms with Crippen LogP contribution in [0.3, 0.4) is 0 Å². The van der Waals surface area contributed by atoms with Gasteiger partial charge in [-0.3, -0.25) is 0 Å². The predicted molar refractivity (Wildman–Crippen MR) is 95.0 cm³/mol. The summed E-state index contributed by atoms with van der Waals surface area (Å²) in [6.45, 7) is 0. The van der Waals surface area contributed by atoms with Gasteiger partial charge >= 0.3 is 0 Å². The van der Waals surface area contributed by atoms with Gasteiger partial charge in [0.1, 0.15) is 0 Å². The number of benzene rings is 2. The number of nitrogens with zero attached hydrogens (tertiary/aromatic N) is 1. The summed E-state index contributed by atoms with van der Waals surface area (Å²) >= 11 is 0. The molecule has 0 aliphatic heterocycles. The molecule has 0 aromatic heterocycles. The molecule has 5 heteroatoms. The van der Waals surface area contributed by atoms with E-state index in [0.29, 0.717) is 35.3 Å². The number of aliphatic imine (C=N–C) groups is 1. The molecule has 24 heavy (non-hydrogen) atoms. The van der Waals surface area contributed by atoms with Gasteiger partial charge in [-0.25, -0.2) is 4.99 Å². The number of ether oxygens (including phenoxy) is 2. The van der Waals surface area contributed by atoms with E-state index in [1.165, 1.54) is 11.1 Å². The normalized spacial score (nSPS) is 24.1. The van der Waals surface area contributed by atoms with Crippen molar-refractivity contribution in [1.82, 2.24) is 0 Å². The number of hydrogen-bond acceptors (Lipinski definition) is 3. The Kier molecular flexibility index (Phi) is 3.56. The fraction of sp³-hybridized carbons (Fsp3) is 0.316. The highest BCUT2D eigenvalue weighted by Gasteiger charge is 2.55. The van der Waals surface area contributed by atoms with E-state index in [4.69, 9.17) is 15.2 Å². The predicted octanol–water partition coefficient (Wildman–Crippen LogP) is 2.77. The van der Waals surface area contributed by atoms with Crippen LogP contribution in [-0.2, 0) is 6.42 Å². The number of hydrogen-bond donors (Lipinski definition) is 2. The average Bonchev–Trinajstić information content (AvgIpc) is 3.11. The van der Waals surface area contributed by atoms with E-state index in [-0.39, 0.29) is 0 Å². The molecule has 2 aromatic rings. The fourth-order valence-corrected chi connectivity index (χ4v) is 3.75. The molecule has 3 unspecified atom stereocenters. The molecule has 124 valence electrons. The minimum atomic E-state index is 0.299. The van der Waals surface area contributed by atoms with Crippen LogP contribution >= 0.6 is 0 Å². The van der Waals surface area contributed by atoms with Gasteiger partial charge in [-0.2, -0.15) is 0 Å². The van der Waals surface area contributed by atoms with Crippen molar-refractivity contribution in [3.8, 4) is 11.5 Å². The molecule has 0 saturated heterocycles. The van der Waals surface area contributed by atoms with E-state index < -0.39 is 0 Å². The molecular weight excluding hydrogens is 302 g/mol. The largest absolute Gasteiger partial charge is 0.493 e. The van der Waals surface area contributed by atoms with Gasteiger partial charge in [-0.05, 0) is 35.6 Å². The van der Waals surface area contributed by atoms with Crippen molar-refractivity contribution in [2.24, 2.45) is 16.6 Å². The first-order chi connectivity index (χ1) is 11.7. The van der Waals surface area contributed by atoms with Crippen LogP contribution in [0, 0.1) is 5.92 Å². The SMILES string of the molecule is COc1ccc(NC(N)=NC2C3Cc4ccccc4C32)cc1OC. The first-order valence-electron chi connectivity index (χ1n) is 8.11. The molecule has 4 rings (SSSR count). The lowest BCUT2D eigenvalue weighted by Crippen LogP contribution is -2.23. The molecule has 0 heterocycles. The molecule has 0 amide bonds. The van der Waals surface area contributed by atoms with Gasteiger partial charge in [0.05, 0.1) is 20.3 Å². The first kappa shape index (κ1) is 14.9. The third-order valence-corrected chi connectivity index (χ3v) is 4.94. The molecule has 0 bridgehead atoms. The van der Waals surface area contributed by atoms with Gasteiger partial charge in [0.25, 0.3) is 0 Å². The highest BCUT2D eigenvalue weighted by atomic mass is 16.5. The number of methoxy groups -OCH3 is 2. The lowest BCUT2D eigenvalue weighted by molar-refractivity contribution is 0.355. The van der Waals surface area contributed by atoms with Crippen molar-refractivity contribution in [3.05, 3.63) is 53.6 Å². The summed E-state index contributed by atoms with van der Waals surface area (Å²) in [7, 11) is 3.23. The molecular formula is C19H21N3O2. The average molecular weight is 323 g/mol. The second kappa shape index (κ2) is 5.74. The van der Waals surface area contributed by atoms with Crippen LogP contribution in [0.25, 0.3) is 0 Å². The summed E-state index contributed by atoms with van der Waals surface area (Å²) in [5.41, 5.74) is 9.84. The number of anilines is 1. The first-order valence-corrected chi connectivity index (χ1v) is 8.11. The number of rotatable bonds is 4. The van der Waals surface area contributed by atoms with Crippen LogP contribution in [0.2, 0.25) is 0 Å². The topological polar surface area (TPSA) is 68.9 Å². The maximum atomic E-state index is 6.10. The van der Waals surface area contributed by atoms with Crippen LogP contribution in [0.1, 0.15) is 17.0 Å². The van der Waals surface area contributed by atoms with Gasteiger partial charge in [0.15, 0.2) is 17.5 Å². The zero-order valence-corrected chi connectivity index (χ0v) is 13.8. The van der Waals surface area contributed by atoms with Gasteiger partial charge in [-0.15, -0.1) is 0 Å². The van der Waals surface area contributed by atoms with Crippen LogP contribution in [0.15, 0.2) is 47.5 Å². The Morgan fingerprint density at radius 1 is 1.12 bits per heavy atom. The Morgan fingerprint density at radius 3 is 2.71 bits per heavy atom. The summed E-state index contributed by atoms with van der Waals surface area (Å²) < 4.78 is 10.5. The third kappa shape index (κ3) is 2.46. The van der Waals surface area contributed by atoms with E-state index in [0.717, 1.165) is 12.1 Å². The van der Waals surface area contributed by atoms with Crippen molar-refractivity contribution in [1.29, 1.82) is 0 Å². The maximum absolute atomic E-state index is 6.10. The van der Waals surface area contributed by atoms with Crippen molar-refractivity contribution in [2.75, 3.05) is 19.5 Å². The van der Waals surface area contributed by atoms with E-state index in [1.807, 2.05) is 18.2 Å². The highest BCUT2D eigenvalue weighted by molar-refractivity contribution is 5.93. The van der Waals surface area contributed by atoms with Gasteiger partial charge in [0, 0.05) is 17.7 Å². The van der Waals surface area contributed by atoms with Crippen LogP contribution < -0.4 is 20.5 Å². The molecule has 2 aliphatic carbocycles. The van der Waals surface area contributed by atoms with E-state index in [1.54, 1.807) is 14.2 Å². The lowest BCUT2D eigenvalue weighted by Gasteiger charge is -2.11. The van der Waals surface area contributed by atoms with Crippen LogP contribution in [-0.4, -0.2) is 26.2 Å². The zero-order chi connectivity index (χ0) is 16.7.